The van der Waals surface area contributed by atoms with Gasteiger partial charge in [0.25, 0.3) is 0 Å². The smallest absolute Gasteiger partial charge is 0.222 e. The zero-order chi connectivity index (χ0) is 20.6. The molecule has 3 rings (SSSR count). The van der Waals surface area contributed by atoms with Crippen molar-refractivity contribution in [1.29, 1.82) is 0 Å². The Morgan fingerprint density at radius 3 is 2.72 bits per heavy atom. The maximum absolute atomic E-state index is 12.3. The highest BCUT2D eigenvalue weighted by atomic mass is 35.5. The van der Waals surface area contributed by atoms with Crippen LogP contribution in [0.15, 0.2) is 42.6 Å². The first-order valence-corrected chi connectivity index (χ1v) is 10.7. The molecule has 0 saturated carbocycles. The lowest BCUT2D eigenvalue weighted by Gasteiger charge is -2.36. The summed E-state index contributed by atoms with van der Waals surface area (Å²) < 4.78 is 5.03. The molecule has 2 heterocycles. The van der Waals surface area contributed by atoms with Crippen LogP contribution in [0.3, 0.4) is 0 Å². The molecule has 1 atom stereocenters. The van der Waals surface area contributed by atoms with Crippen LogP contribution >= 0.6 is 23.2 Å². The van der Waals surface area contributed by atoms with E-state index in [1.165, 1.54) is 0 Å². The Morgan fingerprint density at radius 2 is 2.03 bits per heavy atom. The number of amides is 1. The molecule has 156 valence electrons. The molecular formula is C22H27Cl2N3O2. The number of hydrogen-bond donors (Lipinski definition) is 1. The summed E-state index contributed by atoms with van der Waals surface area (Å²) in [6.07, 6.45) is 4.08. The molecule has 0 spiro atoms. The van der Waals surface area contributed by atoms with Crippen molar-refractivity contribution in [1.82, 2.24) is 15.2 Å². The van der Waals surface area contributed by atoms with Gasteiger partial charge >= 0.3 is 0 Å². The van der Waals surface area contributed by atoms with Crippen molar-refractivity contribution in [2.24, 2.45) is 5.92 Å². The van der Waals surface area contributed by atoms with Crippen LogP contribution in [0, 0.1) is 5.92 Å². The van der Waals surface area contributed by atoms with E-state index in [1.54, 1.807) is 13.3 Å². The van der Waals surface area contributed by atoms with Crippen LogP contribution in [0.2, 0.25) is 10.0 Å². The number of pyridine rings is 1. The monoisotopic (exact) mass is 435 g/mol. The molecule has 7 heteroatoms. The minimum absolute atomic E-state index is 0.00404. The van der Waals surface area contributed by atoms with Crippen LogP contribution < -0.4 is 5.32 Å². The third kappa shape index (κ3) is 6.16. The molecule has 1 fully saturated rings. The summed E-state index contributed by atoms with van der Waals surface area (Å²) in [5.41, 5.74) is 1.96. The zero-order valence-corrected chi connectivity index (χ0v) is 18.1. The van der Waals surface area contributed by atoms with Crippen molar-refractivity contribution in [3.05, 3.63) is 63.9 Å². The summed E-state index contributed by atoms with van der Waals surface area (Å²) >= 11 is 12.5. The Balaban J connectivity index is 1.63. The molecule has 29 heavy (non-hydrogen) atoms. The Bertz CT molecular complexity index is 796. The first-order chi connectivity index (χ1) is 14.1. The number of halogens is 2. The average Bonchev–Trinajstić information content (AvgIpc) is 2.75. The van der Waals surface area contributed by atoms with E-state index in [-0.39, 0.29) is 11.9 Å². The molecule has 1 aromatic heterocycles. The number of benzene rings is 1. The van der Waals surface area contributed by atoms with Crippen molar-refractivity contribution >= 4 is 29.1 Å². The van der Waals surface area contributed by atoms with E-state index in [4.69, 9.17) is 27.9 Å². The van der Waals surface area contributed by atoms with Gasteiger partial charge in [0.1, 0.15) is 0 Å². The summed E-state index contributed by atoms with van der Waals surface area (Å²) in [5.74, 6) is 0.332. The molecule has 1 aromatic carbocycles. The Labute approximate surface area is 182 Å². The number of carbonyl (C=O) groups is 1. The standard InChI is InChI=1S/C22H27Cl2N3O2/c1-29-14-10-20(28)26-22(19-7-2-3-11-25-19)16-8-12-27(13-9-16)15-17-5-4-6-18(23)21(17)24/h2-7,11,16,22H,8-10,12-15H2,1H3,(H,26,28)/t22-/m1/s1. The van der Waals surface area contributed by atoms with E-state index in [1.807, 2.05) is 36.4 Å². The first-order valence-electron chi connectivity index (χ1n) is 9.93. The van der Waals surface area contributed by atoms with Crippen LogP contribution in [0.25, 0.3) is 0 Å². The Kier molecular flexibility index (Phi) is 8.30. The molecule has 0 aliphatic carbocycles. The molecule has 2 aromatic rings. The number of piperidine rings is 1. The Morgan fingerprint density at radius 1 is 1.24 bits per heavy atom. The number of ether oxygens (including phenoxy) is 1. The zero-order valence-electron chi connectivity index (χ0n) is 16.6. The molecule has 0 bridgehead atoms. The predicted octanol–water partition coefficient (Wildman–Crippen LogP) is 4.49. The summed E-state index contributed by atoms with van der Waals surface area (Å²) in [7, 11) is 1.60. The number of carbonyl (C=O) groups excluding carboxylic acids is 1. The van der Waals surface area contributed by atoms with Crippen LogP contribution in [0.4, 0.5) is 0 Å². The van der Waals surface area contributed by atoms with Gasteiger partial charge in [0.05, 0.1) is 28.4 Å². The number of nitrogens with one attached hydrogen (secondary N) is 1. The largest absolute Gasteiger partial charge is 0.384 e. The molecule has 1 aliphatic rings. The average molecular weight is 436 g/mol. The minimum atomic E-state index is -0.0857. The first kappa shape index (κ1) is 22.0. The number of rotatable bonds is 8. The maximum Gasteiger partial charge on any atom is 0.222 e. The highest BCUT2D eigenvalue weighted by molar-refractivity contribution is 6.42. The third-order valence-electron chi connectivity index (χ3n) is 5.39. The number of methoxy groups -OCH3 is 1. The van der Waals surface area contributed by atoms with Gasteiger partial charge in [-0.15, -0.1) is 0 Å². The van der Waals surface area contributed by atoms with E-state index in [0.717, 1.165) is 43.7 Å². The molecule has 0 radical (unpaired) electrons. The second kappa shape index (κ2) is 10.9. The number of aromatic nitrogens is 1. The van der Waals surface area contributed by atoms with E-state index in [0.29, 0.717) is 29.0 Å². The molecule has 1 N–H and O–H groups in total. The van der Waals surface area contributed by atoms with Crippen LogP contribution in [-0.4, -0.2) is 42.6 Å². The fourth-order valence-corrected chi connectivity index (χ4v) is 4.17. The van der Waals surface area contributed by atoms with Gasteiger partial charge in [-0.3, -0.25) is 14.7 Å². The van der Waals surface area contributed by atoms with Gasteiger partial charge in [-0.25, -0.2) is 0 Å². The van der Waals surface area contributed by atoms with Crippen molar-refractivity contribution in [2.75, 3.05) is 26.8 Å². The van der Waals surface area contributed by atoms with Crippen molar-refractivity contribution in [3.8, 4) is 0 Å². The highest BCUT2D eigenvalue weighted by Crippen LogP contribution is 2.32. The third-order valence-corrected chi connectivity index (χ3v) is 6.24. The van der Waals surface area contributed by atoms with Crippen LogP contribution in [0.1, 0.15) is 36.6 Å². The molecule has 1 saturated heterocycles. The second-order valence-corrected chi connectivity index (χ2v) is 8.15. The van der Waals surface area contributed by atoms with E-state index in [2.05, 4.69) is 15.2 Å². The lowest BCUT2D eigenvalue weighted by Crippen LogP contribution is -2.41. The molecule has 0 unspecified atom stereocenters. The fourth-order valence-electron chi connectivity index (χ4n) is 3.79. The SMILES string of the molecule is COCCC(=O)N[C@@H](c1ccccn1)C1CCN(Cc2cccc(Cl)c2Cl)CC1. The summed E-state index contributed by atoms with van der Waals surface area (Å²) in [5, 5.41) is 4.40. The van der Waals surface area contributed by atoms with Gasteiger partial charge < -0.3 is 10.1 Å². The number of nitrogens with zero attached hydrogens (tertiary/aromatic N) is 2. The van der Waals surface area contributed by atoms with Crippen LogP contribution in [-0.2, 0) is 16.1 Å². The normalized spacial score (nSPS) is 16.5. The van der Waals surface area contributed by atoms with Crippen molar-refractivity contribution < 1.29 is 9.53 Å². The topological polar surface area (TPSA) is 54.5 Å². The van der Waals surface area contributed by atoms with Gasteiger partial charge in [-0.2, -0.15) is 0 Å². The van der Waals surface area contributed by atoms with Gasteiger partial charge in [-0.1, -0.05) is 41.4 Å². The van der Waals surface area contributed by atoms with Gasteiger partial charge in [0.15, 0.2) is 0 Å². The van der Waals surface area contributed by atoms with Crippen molar-refractivity contribution in [3.63, 3.8) is 0 Å². The van der Waals surface area contributed by atoms with E-state index in [9.17, 15) is 4.79 Å². The minimum Gasteiger partial charge on any atom is -0.384 e. The molecule has 1 aliphatic heterocycles. The lowest BCUT2D eigenvalue weighted by atomic mass is 9.87. The molecular weight excluding hydrogens is 409 g/mol. The van der Waals surface area contributed by atoms with E-state index >= 15 is 0 Å². The van der Waals surface area contributed by atoms with Crippen LogP contribution in [0.5, 0.6) is 0 Å². The Hall–Kier alpha value is -1.66. The number of hydrogen-bond acceptors (Lipinski definition) is 4. The van der Waals surface area contributed by atoms with Gasteiger partial charge in [0, 0.05) is 26.3 Å². The van der Waals surface area contributed by atoms with Gasteiger partial charge in [0.2, 0.25) is 5.91 Å². The number of likely N-dealkylation sites (tertiary alicyclic amines) is 1. The molecule has 1 amide bonds. The summed E-state index contributed by atoms with van der Waals surface area (Å²) in [6.45, 7) is 3.07. The fraction of sp³-hybridized carbons (Fsp3) is 0.455. The molecule has 5 nitrogen and oxygen atoms in total. The van der Waals surface area contributed by atoms with E-state index < -0.39 is 0 Å². The lowest BCUT2D eigenvalue weighted by molar-refractivity contribution is -0.123. The summed E-state index contributed by atoms with van der Waals surface area (Å²) in [4.78, 5) is 19.2. The maximum atomic E-state index is 12.3. The predicted molar refractivity (Wildman–Crippen MR) is 116 cm³/mol. The van der Waals surface area contributed by atoms with Gasteiger partial charge in [-0.05, 0) is 55.6 Å². The van der Waals surface area contributed by atoms with Crippen molar-refractivity contribution in [2.45, 2.75) is 31.8 Å². The summed E-state index contributed by atoms with van der Waals surface area (Å²) in [6, 6.07) is 11.5. The second-order valence-electron chi connectivity index (χ2n) is 7.37. The highest BCUT2D eigenvalue weighted by Gasteiger charge is 2.29. The quantitative estimate of drug-likeness (QED) is 0.663.